The average molecular weight is 281 g/mol. The largest absolute Gasteiger partial charge is 0.383 e. The van der Waals surface area contributed by atoms with Crippen molar-refractivity contribution in [3.63, 3.8) is 0 Å². The van der Waals surface area contributed by atoms with Gasteiger partial charge in [0.15, 0.2) is 0 Å². The van der Waals surface area contributed by atoms with Crippen LogP contribution in [-0.2, 0) is 4.74 Å². The van der Waals surface area contributed by atoms with Crippen molar-refractivity contribution in [1.29, 1.82) is 0 Å². The molecular weight excluding hydrogens is 261 g/mol. The number of carbonyl (C=O) groups is 1. The second-order valence-electron chi connectivity index (χ2n) is 4.88. The fourth-order valence-electron chi connectivity index (χ4n) is 2.26. The first-order valence-electron chi connectivity index (χ1n) is 6.72. The van der Waals surface area contributed by atoms with Gasteiger partial charge in [0, 0.05) is 38.5 Å². The number of nitrogens with one attached hydrogen (secondary N) is 2. The van der Waals surface area contributed by atoms with Crippen molar-refractivity contribution in [1.82, 2.24) is 10.2 Å². The Morgan fingerprint density at radius 3 is 2.90 bits per heavy atom. The summed E-state index contributed by atoms with van der Waals surface area (Å²) < 4.78 is 17.8. The topological polar surface area (TPSA) is 53.6 Å². The van der Waals surface area contributed by atoms with Crippen molar-refractivity contribution >= 4 is 11.7 Å². The Morgan fingerprint density at radius 2 is 2.20 bits per heavy atom. The first kappa shape index (κ1) is 14.7. The predicted molar refractivity (Wildman–Crippen MR) is 75.3 cm³/mol. The molecule has 1 aromatic rings. The van der Waals surface area contributed by atoms with Gasteiger partial charge in [0.05, 0.1) is 6.61 Å². The molecule has 0 spiro atoms. The lowest BCUT2D eigenvalue weighted by atomic mass is 10.3. The third-order valence-electron chi connectivity index (χ3n) is 3.32. The average Bonchev–Trinajstić information content (AvgIpc) is 2.86. The van der Waals surface area contributed by atoms with E-state index < -0.39 is 0 Å². The van der Waals surface area contributed by atoms with Crippen molar-refractivity contribution in [2.24, 2.45) is 0 Å². The number of hydrogen-bond donors (Lipinski definition) is 2. The van der Waals surface area contributed by atoms with E-state index in [2.05, 4.69) is 15.5 Å². The van der Waals surface area contributed by atoms with Crippen LogP contribution in [0.4, 0.5) is 14.9 Å². The normalized spacial score (nSPS) is 19.0. The zero-order valence-electron chi connectivity index (χ0n) is 11.6. The minimum atomic E-state index is -0.319. The number of anilines is 1. The molecule has 0 aromatic heterocycles. The molecular formula is C14H20FN3O2. The molecule has 0 saturated carbocycles. The van der Waals surface area contributed by atoms with Crippen LogP contribution < -0.4 is 10.6 Å². The minimum Gasteiger partial charge on any atom is -0.383 e. The molecule has 0 aliphatic carbocycles. The van der Waals surface area contributed by atoms with E-state index in [1.54, 1.807) is 7.11 Å². The molecule has 1 saturated heterocycles. The molecule has 20 heavy (non-hydrogen) atoms. The van der Waals surface area contributed by atoms with E-state index in [1.165, 1.54) is 24.3 Å². The van der Waals surface area contributed by atoms with Gasteiger partial charge in [-0.25, -0.2) is 9.18 Å². The van der Waals surface area contributed by atoms with Gasteiger partial charge in [-0.05, 0) is 30.7 Å². The number of rotatable bonds is 5. The number of nitrogens with zero attached hydrogens (tertiary/aromatic N) is 1. The third-order valence-corrected chi connectivity index (χ3v) is 3.32. The monoisotopic (exact) mass is 281 g/mol. The summed E-state index contributed by atoms with van der Waals surface area (Å²) in [7, 11) is 1.68. The Balaban J connectivity index is 1.74. The smallest absolute Gasteiger partial charge is 0.319 e. The molecule has 1 aliphatic heterocycles. The van der Waals surface area contributed by atoms with Gasteiger partial charge in [-0.3, -0.25) is 4.90 Å². The van der Waals surface area contributed by atoms with Gasteiger partial charge in [0.2, 0.25) is 0 Å². The van der Waals surface area contributed by atoms with Crippen LogP contribution in [0.1, 0.15) is 6.42 Å². The summed E-state index contributed by atoms with van der Waals surface area (Å²) in [6, 6.07) is 5.60. The van der Waals surface area contributed by atoms with Gasteiger partial charge in [0.25, 0.3) is 0 Å². The lowest BCUT2D eigenvalue weighted by Crippen LogP contribution is -2.40. The number of hydrogen-bond acceptors (Lipinski definition) is 3. The number of methoxy groups -OCH3 is 1. The van der Waals surface area contributed by atoms with Gasteiger partial charge in [-0.2, -0.15) is 0 Å². The highest BCUT2D eigenvalue weighted by atomic mass is 19.1. The summed E-state index contributed by atoms with van der Waals surface area (Å²) >= 11 is 0. The third kappa shape index (κ3) is 4.47. The summed E-state index contributed by atoms with van der Waals surface area (Å²) in [4.78, 5) is 14.1. The van der Waals surface area contributed by atoms with Crippen molar-refractivity contribution in [3.8, 4) is 0 Å². The van der Waals surface area contributed by atoms with Crippen molar-refractivity contribution in [3.05, 3.63) is 30.1 Å². The summed E-state index contributed by atoms with van der Waals surface area (Å²) in [5, 5.41) is 5.62. The van der Waals surface area contributed by atoms with E-state index in [0.29, 0.717) is 12.3 Å². The molecule has 1 fully saturated rings. The minimum absolute atomic E-state index is 0.146. The Bertz CT molecular complexity index is 439. The van der Waals surface area contributed by atoms with E-state index in [9.17, 15) is 9.18 Å². The molecule has 6 heteroatoms. The molecule has 2 rings (SSSR count). The molecule has 0 bridgehead atoms. The summed E-state index contributed by atoms with van der Waals surface area (Å²) in [5.74, 6) is -0.319. The molecule has 5 nitrogen and oxygen atoms in total. The Labute approximate surface area is 118 Å². The van der Waals surface area contributed by atoms with Crippen LogP contribution in [0.3, 0.4) is 0 Å². The number of amides is 2. The zero-order chi connectivity index (χ0) is 14.4. The number of benzene rings is 1. The summed E-state index contributed by atoms with van der Waals surface area (Å²) in [6.07, 6.45) is 0.931. The Hall–Kier alpha value is -1.66. The Morgan fingerprint density at radius 1 is 1.45 bits per heavy atom. The van der Waals surface area contributed by atoms with Crippen molar-refractivity contribution in [2.45, 2.75) is 12.5 Å². The van der Waals surface area contributed by atoms with E-state index in [-0.39, 0.29) is 17.9 Å². The van der Waals surface area contributed by atoms with Gasteiger partial charge >= 0.3 is 6.03 Å². The molecule has 2 amide bonds. The molecule has 1 heterocycles. The van der Waals surface area contributed by atoms with Crippen LogP contribution in [0.2, 0.25) is 0 Å². The maximum atomic E-state index is 12.8. The fourth-order valence-corrected chi connectivity index (χ4v) is 2.26. The molecule has 1 aliphatic rings. The highest BCUT2D eigenvalue weighted by molar-refractivity contribution is 5.89. The van der Waals surface area contributed by atoms with Crippen LogP contribution in [-0.4, -0.2) is 50.3 Å². The molecule has 2 N–H and O–H groups in total. The van der Waals surface area contributed by atoms with Crippen LogP contribution in [0.15, 0.2) is 24.3 Å². The second kappa shape index (κ2) is 7.21. The molecule has 0 radical (unpaired) electrons. The molecule has 110 valence electrons. The van der Waals surface area contributed by atoms with Crippen LogP contribution >= 0.6 is 0 Å². The molecule has 1 unspecified atom stereocenters. The number of ether oxygens (including phenoxy) is 1. The van der Waals surface area contributed by atoms with E-state index >= 15 is 0 Å². The highest BCUT2D eigenvalue weighted by Crippen LogP contribution is 2.10. The first-order chi connectivity index (χ1) is 9.67. The standard InChI is InChI=1S/C14H20FN3O2/c1-20-9-8-18-7-6-13(10-18)17-14(19)16-12-4-2-11(15)3-5-12/h2-5,13H,6-10H2,1H3,(H2,16,17,19). The second-order valence-corrected chi connectivity index (χ2v) is 4.88. The zero-order valence-corrected chi connectivity index (χ0v) is 11.6. The van der Waals surface area contributed by atoms with Crippen LogP contribution in [0, 0.1) is 5.82 Å². The Kier molecular flexibility index (Phi) is 5.31. The van der Waals surface area contributed by atoms with Gasteiger partial charge in [0.1, 0.15) is 5.82 Å². The van der Waals surface area contributed by atoms with E-state index in [1.807, 2.05) is 0 Å². The molecule has 1 aromatic carbocycles. The van der Waals surface area contributed by atoms with Crippen LogP contribution in [0.25, 0.3) is 0 Å². The maximum absolute atomic E-state index is 12.8. The van der Waals surface area contributed by atoms with E-state index in [4.69, 9.17) is 4.74 Å². The first-order valence-corrected chi connectivity index (χ1v) is 6.72. The van der Waals surface area contributed by atoms with Crippen molar-refractivity contribution in [2.75, 3.05) is 38.7 Å². The van der Waals surface area contributed by atoms with Crippen LogP contribution in [0.5, 0.6) is 0 Å². The number of likely N-dealkylation sites (tertiary alicyclic amines) is 1. The SMILES string of the molecule is COCCN1CCC(NC(=O)Nc2ccc(F)cc2)C1. The lowest BCUT2D eigenvalue weighted by molar-refractivity contribution is 0.160. The molecule has 1 atom stereocenters. The fraction of sp³-hybridized carbons (Fsp3) is 0.500. The van der Waals surface area contributed by atoms with Gasteiger partial charge in [-0.1, -0.05) is 0 Å². The number of carbonyl (C=O) groups excluding carboxylic acids is 1. The van der Waals surface area contributed by atoms with Gasteiger partial charge < -0.3 is 15.4 Å². The summed E-state index contributed by atoms with van der Waals surface area (Å²) in [6.45, 7) is 3.38. The highest BCUT2D eigenvalue weighted by Gasteiger charge is 2.23. The predicted octanol–water partition coefficient (Wildman–Crippen LogP) is 1.67. The number of halogens is 1. The maximum Gasteiger partial charge on any atom is 0.319 e. The van der Waals surface area contributed by atoms with Crippen molar-refractivity contribution < 1.29 is 13.9 Å². The van der Waals surface area contributed by atoms with Gasteiger partial charge in [-0.15, -0.1) is 0 Å². The van der Waals surface area contributed by atoms with E-state index in [0.717, 1.165) is 26.1 Å². The number of urea groups is 1. The lowest BCUT2D eigenvalue weighted by Gasteiger charge is -2.16. The quantitative estimate of drug-likeness (QED) is 0.863. The summed E-state index contributed by atoms with van der Waals surface area (Å²) in [5.41, 5.74) is 0.582.